The highest BCUT2D eigenvalue weighted by atomic mass is 16.5. The fourth-order valence-corrected chi connectivity index (χ4v) is 2.47. The molecule has 0 saturated carbocycles. The largest absolute Gasteiger partial charge is 0.462 e. The number of hydrazine groups is 1. The van der Waals surface area contributed by atoms with Crippen LogP contribution in [0.4, 0.5) is 10.5 Å². The van der Waals surface area contributed by atoms with Crippen molar-refractivity contribution in [1.82, 2.24) is 10.0 Å². The lowest BCUT2D eigenvalue weighted by Crippen LogP contribution is -2.48. The molecule has 3 amide bonds. The van der Waals surface area contributed by atoms with Crippen molar-refractivity contribution in [3.05, 3.63) is 29.8 Å². The van der Waals surface area contributed by atoms with E-state index in [0.717, 1.165) is 0 Å². The number of rotatable bonds is 6. The Balaban J connectivity index is 2.02. The minimum Gasteiger partial charge on any atom is -0.462 e. The molecule has 1 aliphatic rings. The Hall–Kier alpha value is -2.61. The molecule has 0 atom stereocenters. The van der Waals surface area contributed by atoms with Crippen molar-refractivity contribution in [3.8, 4) is 0 Å². The molecule has 2 rings (SSSR count). The fraction of sp³-hybridized carbons (Fsp3) is 0.471. The fourth-order valence-electron chi connectivity index (χ4n) is 2.47. The van der Waals surface area contributed by atoms with Gasteiger partial charge in [0.1, 0.15) is 6.61 Å². The monoisotopic (exact) mass is 349 g/mol. The molecule has 0 unspecified atom stereocenters. The molecular weight excluding hydrogens is 326 g/mol. The summed E-state index contributed by atoms with van der Waals surface area (Å²) in [7, 11) is 0. The lowest BCUT2D eigenvalue weighted by molar-refractivity contribution is -0.144. The van der Waals surface area contributed by atoms with Crippen molar-refractivity contribution < 1.29 is 23.9 Å². The number of nitrogens with one attached hydrogen (secondary N) is 1. The van der Waals surface area contributed by atoms with E-state index in [1.54, 1.807) is 38.1 Å². The third-order valence-corrected chi connectivity index (χ3v) is 3.61. The number of urea groups is 1. The van der Waals surface area contributed by atoms with Gasteiger partial charge in [-0.1, -0.05) is 6.07 Å². The highest BCUT2D eigenvalue weighted by molar-refractivity contribution is 5.94. The summed E-state index contributed by atoms with van der Waals surface area (Å²) >= 11 is 0. The molecular formula is C17H23N3O5. The normalized spacial score (nSPS) is 13.7. The summed E-state index contributed by atoms with van der Waals surface area (Å²) in [6.07, 6.45) is 0.703. The quantitative estimate of drug-likeness (QED) is 0.792. The summed E-state index contributed by atoms with van der Waals surface area (Å²) < 4.78 is 10.1. The maximum absolute atomic E-state index is 12.5. The Morgan fingerprint density at radius 2 is 1.88 bits per heavy atom. The molecule has 136 valence electrons. The van der Waals surface area contributed by atoms with E-state index in [4.69, 9.17) is 9.47 Å². The van der Waals surface area contributed by atoms with E-state index >= 15 is 0 Å². The minimum absolute atomic E-state index is 0.0569. The number of carbonyl (C=O) groups excluding carboxylic acids is 3. The van der Waals surface area contributed by atoms with Crippen molar-refractivity contribution in [2.45, 2.75) is 20.3 Å². The predicted octanol–water partition coefficient (Wildman–Crippen LogP) is 1.88. The molecule has 0 radical (unpaired) electrons. The van der Waals surface area contributed by atoms with Gasteiger partial charge >= 0.3 is 12.0 Å². The first-order chi connectivity index (χ1) is 12.1. The van der Waals surface area contributed by atoms with Gasteiger partial charge in [0.15, 0.2) is 0 Å². The maximum Gasteiger partial charge on any atom is 0.340 e. The molecule has 0 bridgehead atoms. The first kappa shape index (κ1) is 18.7. The first-order valence-corrected chi connectivity index (χ1v) is 8.30. The van der Waals surface area contributed by atoms with Crippen LogP contribution in [-0.2, 0) is 14.3 Å². The van der Waals surface area contributed by atoms with Crippen LogP contribution in [0.25, 0.3) is 0 Å². The molecule has 1 aromatic rings. The molecule has 25 heavy (non-hydrogen) atoms. The van der Waals surface area contributed by atoms with Crippen LogP contribution in [0.5, 0.6) is 0 Å². The van der Waals surface area contributed by atoms with Gasteiger partial charge in [-0.3, -0.25) is 4.79 Å². The molecule has 1 N–H and O–H groups in total. The van der Waals surface area contributed by atoms with Gasteiger partial charge in [0.2, 0.25) is 0 Å². The topological polar surface area (TPSA) is 88.2 Å². The van der Waals surface area contributed by atoms with E-state index < -0.39 is 12.0 Å². The zero-order chi connectivity index (χ0) is 18.2. The summed E-state index contributed by atoms with van der Waals surface area (Å²) in [5, 5.41) is 5.46. The molecule has 0 aliphatic carbocycles. The Bertz CT molecular complexity index is 634. The van der Waals surface area contributed by atoms with Crippen molar-refractivity contribution in [3.63, 3.8) is 0 Å². The van der Waals surface area contributed by atoms with Crippen LogP contribution in [0.1, 0.15) is 30.6 Å². The zero-order valence-electron chi connectivity index (χ0n) is 14.5. The van der Waals surface area contributed by atoms with Gasteiger partial charge in [0.05, 0.1) is 12.2 Å². The minimum atomic E-state index is -0.451. The third-order valence-electron chi connectivity index (χ3n) is 3.61. The van der Waals surface area contributed by atoms with E-state index in [1.165, 1.54) is 10.0 Å². The number of ether oxygens (including phenoxy) is 2. The number of esters is 1. The number of nitrogens with zero attached hydrogens (tertiary/aromatic N) is 2. The molecule has 0 spiro atoms. The summed E-state index contributed by atoms with van der Waals surface area (Å²) in [5.41, 5.74) is 0.810. The van der Waals surface area contributed by atoms with Crippen molar-refractivity contribution in [2.24, 2.45) is 0 Å². The number of benzene rings is 1. The van der Waals surface area contributed by atoms with E-state index in [1.807, 2.05) is 0 Å². The van der Waals surface area contributed by atoms with Crippen LogP contribution in [0, 0.1) is 0 Å². The van der Waals surface area contributed by atoms with E-state index in [0.29, 0.717) is 37.4 Å². The molecule has 8 heteroatoms. The van der Waals surface area contributed by atoms with Crippen LogP contribution in [-0.4, -0.2) is 60.8 Å². The van der Waals surface area contributed by atoms with Crippen LogP contribution in [0.2, 0.25) is 0 Å². The number of amides is 3. The number of anilines is 1. The van der Waals surface area contributed by atoms with Crippen LogP contribution < -0.4 is 5.32 Å². The summed E-state index contributed by atoms with van der Waals surface area (Å²) in [5.74, 6) is -0.705. The van der Waals surface area contributed by atoms with Gasteiger partial charge in [0.25, 0.3) is 5.91 Å². The second-order valence-corrected chi connectivity index (χ2v) is 5.36. The van der Waals surface area contributed by atoms with E-state index in [-0.39, 0.29) is 19.1 Å². The molecule has 1 fully saturated rings. The Kier molecular flexibility index (Phi) is 6.76. The lowest BCUT2D eigenvalue weighted by Gasteiger charge is -2.27. The number of hydrogen-bond acceptors (Lipinski definition) is 5. The van der Waals surface area contributed by atoms with Gasteiger partial charge in [-0.15, -0.1) is 0 Å². The molecule has 1 aliphatic heterocycles. The van der Waals surface area contributed by atoms with Crippen LogP contribution >= 0.6 is 0 Å². The standard InChI is InChI=1S/C17H23N3O5/c1-3-24-12-15(21)19-9-6-10-20(19)17(23)18-14-8-5-7-13(11-14)16(22)25-4-2/h5,7-8,11H,3-4,6,9-10,12H2,1-2H3,(H,18,23). The van der Waals surface area contributed by atoms with E-state index in [2.05, 4.69) is 5.32 Å². The Labute approximate surface area is 146 Å². The van der Waals surface area contributed by atoms with Crippen molar-refractivity contribution in [1.29, 1.82) is 0 Å². The summed E-state index contributed by atoms with van der Waals surface area (Å²) in [6.45, 7) is 5.11. The molecule has 0 aromatic heterocycles. The van der Waals surface area contributed by atoms with Gasteiger partial charge in [0, 0.05) is 25.4 Å². The average molecular weight is 349 g/mol. The average Bonchev–Trinajstić information content (AvgIpc) is 3.10. The maximum atomic E-state index is 12.5. The van der Waals surface area contributed by atoms with Gasteiger partial charge < -0.3 is 14.8 Å². The number of hydrogen-bond donors (Lipinski definition) is 1. The molecule has 1 aromatic carbocycles. The van der Waals surface area contributed by atoms with Gasteiger partial charge in [-0.05, 0) is 38.5 Å². The summed E-state index contributed by atoms with van der Waals surface area (Å²) in [6, 6.07) is 6.05. The summed E-state index contributed by atoms with van der Waals surface area (Å²) in [4.78, 5) is 36.3. The van der Waals surface area contributed by atoms with Crippen molar-refractivity contribution >= 4 is 23.6 Å². The van der Waals surface area contributed by atoms with Crippen LogP contribution in [0.15, 0.2) is 24.3 Å². The van der Waals surface area contributed by atoms with Gasteiger partial charge in [-0.25, -0.2) is 19.6 Å². The second kappa shape index (κ2) is 9.03. The van der Waals surface area contributed by atoms with Gasteiger partial charge in [-0.2, -0.15) is 0 Å². The highest BCUT2D eigenvalue weighted by Crippen LogP contribution is 2.16. The van der Waals surface area contributed by atoms with E-state index in [9.17, 15) is 14.4 Å². The smallest absolute Gasteiger partial charge is 0.340 e. The molecule has 8 nitrogen and oxygen atoms in total. The Morgan fingerprint density at radius 1 is 1.12 bits per heavy atom. The predicted molar refractivity (Wildman–Crippen MR) is 90.9 cm³/mol. The Morgan fingerprint density at radius 3 is 2.60 bits per heavy atom. The lowest BCUT2D eigenvalue weighted by atomic mass is 10.2. The van der Waals surface area contributed by atoms with Crippen molar-refractivity contribution in [2.75, 3.05) is 38.2 Å². The zero-order valence-corrected chi connectivity index (χ0v) is 14.5. The first-order valence-electron chi connectivity index (χ1n) is 8.30. The highest BCUT2D eigenvalue weighted by Gasteiger charge is 2.30. The molecule has 1 saturated heterocycles. The SMILES string of the molecule is CCOCC(=O)N1CCCN1C(=O)Nc1cccc(C(=O)OCC)c1. The second-order valence-electron chi connectivity index (χ2n) is 5.36. The number of carbonyl (C=O) groups is 3. The molecule has 1 heterocycles. The van der Waals surface area contributed by atoms with Crippen LogP contribution in [0.3, 0.4) is 0 Å². The third kappa shape index (κ3) is 4.93.